The van der Waals surface area contributed by atoms with Gasteiger partial charge in [-0.3, -0.25) is 0 Å². The van der Waals surface area contributed by atoms with Crippen LogP contribution in [0.4, 0.5) is 4.39 Å². The Bertz CT molecular complexity index is 774. The van der Waals surface area contributed by atoms with E-state index < -0.39 is 48.4 Å². The van der Waals surface area contributed by atoms with Crippen molar-refractivity contribution in [1.82, 2.24) is 0 Å². The summed E-state index contributed by atoms with van der Waals surface area (Å²) in [5, 5.41) is 30.0. The van der Waals surface area contributed by atoms with Crippen molar-refractivity contribution in [2.75, 3.05) is 6.61 Å². The van der Waals surface area contributed by atoms with Gasteiger partial charge in [-0.05, 0) is 36.4 Å². The van der Waals surface area contributed by atoms with E-state index in [0.717, 1.165) is 0 Å². The molecule has 0 amide bonds. The van der Waals surface area contributed by atoms with Gasteiger partial charge >= 0.3 is 5.24 Å². The van der Waals surface area contributed by atoms with Crippen LogP contribution in [0.5, 0.6) is 11.5 Å². The molecule has 5 atom stereocenters. The van der Waals surface area contributed by atoms with E-state index in [2.05, 4.69) is 0 Å². The number of ether oxygens (including phenoxy) is 4. The Morgan fingerprint density at radius 1 is 1.00 bits per heavy atom. The van der Waals surface area contributed by atoms with E-state index in [9.17, 15) is 19.7 Å². The predicted molar refractivity (Wildman–Crippen MR) is 99.3 cm³/mol. The molecule has 1 heterocycles. The Balaban J connectivity index is 1.69. The van der Waals surface area contributed by atoms with Crippen LogP contribution in [-0.2, 0) is 9.47 Å². The van der Waals surface area contributed by atoms with Crippen molar-refractivity contribution in [3.05, 3.63) is 60.4 Å². The highest BCUT2D eigenvalue weighted by Crippen LogP contribution is 2.26. The number of benzene rings is 2. The van der Waals surface area contributed by atoms with Gasteiger partial charge < -0.3 is 34.3 Å². The lowest BCUT2D eigenvalue weighted by Gasteiger charge is -2.41. The Morgan fingerprint density at radius 2 is 1.68 bits per heavy atom. The largest absolute Gasteiger partial charge is 0.462 e. The molecule has 28 heavy (non-hydrogen) atoms. The molecule has 0 saturated carbocycles. The molecule has 0 aromatic heterocycles. The third-order valence-electron chi connectivity index (χ3n) is 4.06. The van der Waals surface area contributed by atoms with Crippen LogP contribution in [-0.4, -0.2) is 57.9 Å². The molecule has 1 aliphatic rings. The molecule has 3 rings (SSSR count). The van der Waals surface area contributed by atoms with Crippen LogP contribution >= 0.6 is 12.2 Å². The van der Waals surface area contributed by atoms with Crippen LogP contribution in [0.2, 0.25) is 0 Å². The molecule has 2 aromatic carbocycles. The Labute approximate surface area is 165 Å². The fourth-order valence-corrected chi connectivity index (χ4v) is 2.86. The van der Waals surface area contributed by atoms with Gasteiger partial charge in [0.15, 0.2) is 12.2 Å². The first-order valence-electron chi connectivity index (χ1n) is 8.46. The summed E-state index contributed by atoms with van der Waals surface area (Å²) >= 11 is 4.99. The number of halogens is 1. The molecule has 150 valence electrons. The number of thiocarbonyl (C=S) groups is 1. The molecule has 1 saturated heterocycles. The van der Waals surface area contributed by atoms with E-state index in [1.165, 1.54) is 24.3 Å². The molecule has 0 unspecified atom stereocenters. The highest BCUT2D eigenvalue weighted by molar-refractivity contribution is 7.79. The van der Waals surface area contributed by atoms with Gasteiger partial charge in [0.2, 0.25) is 6.29 Å². The number of rotatable bonds is 5. The first-order valence-corrected chi connectivity index (χ1v) is 8.87. The maximum Gasteiger partial charge on any atom is 0.358 e. The first-order chi connectivity index (χ1) is 13.5. The maximum absolute atomic E-state index is 13.0. The van der Waals surface area contributed by atoms with Crippen molar-refractivity contribution >= 4 is 17.5 Å². The normalized spacial score (nSPS) is 27.1. The average Bonchev–Trinajstić information content (AvgIpc) is 2.70. The Hall–Kier alpha value is -2.30. The van der Waals surface area contributed by atoms with Crippen molar-refractivity contribution in [2.24, 2.45) is 0 Å². The standard InChI is InChI=1S/C19H19FO7S/c20-11-6-8-13(9-7-11)25-19(28)27-17-15(22)14(10-21)26-18(16(17)23)24-12-4-2-1-3-5-12/h1-9,14-18,21-23H,10H2/t14-,15-,16+,17+,18-/m1/s1. The van der Waals surface area contributed by atoms with Crippen molar-refractivity contribution < 1.29 is 38.7 Å². The number of hydrogen-bond acceptors (Lipinski definition) is 8. The summed E-state index contributed by atoms with van der Waals surface area (Å²) in [7, 11) is 0. The zero-order valence-electron chi connectivity index (χ0n) is 14.6. The maximum atomic E-state index is 13.0. The summed E-state index contributed by atoms with van der Waals surface area (Å²) in [5.41, 5.74) is 0. The average molecular weight is 410 g/mol. The molecule has 0 spiro atoms. The van der Waals surface area contributed by atoms with Crippen molar-refractivity contribution in [1.29, 1.82) is 0 Å². The number of aliphatic hydroxyl groups excluding tert-OH is 3. The summed E-state index contributed by atoms with van der Waals surface area (Å²) in [6.07, 6.45) is -6.41. The minimum atomic E-state index is -1.44. The van der Waals surface area contributed by atoms with Crippen LogP contribution in [0, 0.1) is 5.82 Å². The van der Waals surface area contributed by atoms with Crippen LogP contribution in [0.25, 0.3) is 0 Å². The molecule has 0 aliphatic carbocycles. The third-order valence-corrected chi connectivity index (χ3v) is 4.24. The first kappa shape index (κ1) is 20.4. The minimum absolute atomic E-state index is 0.221. The van der Waals surface area contributed by atoms with E-state index in [1.807, 2.05) is 0 Å². The lowest BCUT2D eigenvalue weighted by Crippen LogP contribution is -2.61. The van der Waals surface area contributed by atoms with Crippen molar-refractivity contribution in [2.45, 2.75) is 30.7 Å². The van der Waals surface area contributed by atoms with Crippen LogP contribution in [0.1, 0.15) is 0 Å². The smallest absolute Gasteiger partial charge is 0.358 e. The summed E-state index contributed by atoms with van der Waals surface area (Å²) in [6, 6.07) is 13.6. The molecule has 3 N–H and O–H groups in total. The SMILES string of the molecule is OC[C@H]1O[C@@H](Oc2ccccc2)[C@@H](O)[C@@H](OC(=S)Oc2ccc(F)cc2)[C@@H]1O. The molecule has 1 aliphatic heterocycles. The fourth-order valence-electron chi connectivity index (χ4n) is 2.66. The Morgan fingerprint density at radius 3 is 2.32 bits per heavy atom. The minimum Gasteiger partial charge on any atom is -0.462 e. The quantitative estimate of drug-likeness (QED) is 0.637. The van der Waals surface area contributed by atoms with Gasteiger partial charge in [0, 0.05) is 12.2 Å². The van der Waals surface area contributed by atoms with Gasteiger partial charge in [0.05, 0.1) is 6.61 Å². The van der Waals surface area contributed by atoms with Gasteiger partial charge in [-0.15, -0.1) is 0 Å². The van der Waals surface area contributed by atoms with Gasteiger partial charge in [-0.25, -0.2) is 4.39 Å². The second-order valence-corrected chi connectivity index (χ2v) is 6.36. The number of para-hydroxylation sites is 1. The zero-order valence-corrected chi connectivity index (χ0v) is 15.4. The summed E-state index contributed by atoms with van der Waals surface area (Å²) in [4.78, 5) is 0. The number of aliphatic hydroxyl groups is 3. The molecule has 1 fully saturated rings. The summed E-state index contributed by atoms with van der Waals surface area (Å²) in [6.45, 7) is -0.534. The molecular formula is C19H19FO7S. The highest BCUT2D eigenvalue weighted by atomic mass is 32.1. The topological polar surface area (TPSA) is 97.6 Å². The lowest BCUT2D eigenvalue weighted by atomic mass is 9.99. The zero-order chi connectivity index (χ0) is 20.1. The monoisotopic (exact) mass is 410 g/mol. The highest BCUT2D eigenvalue weighted by Gasteiger charge is 2.47. The molecule has 0 bridgehead atoms. The van der Waals surface area contributed by atoms with E-state index in [4.69, 9.17) is 31.2 Å². The lowest BCUT2D eigenvalue weighted by molar-refractivity contribution is -0.275. The summed E-state index contributed by atoms with van der Waals surface area (Å²) < 4.78 is 34.6. The van der Waals surface area contributed by atoms with Crippen LogP contribution in [0.15, 0.2) is 54.6 Å². The molecule has 9 heteroatoms. The number of hydrogen-bond donors (Lipinski definition) is 3. The Kier molecular flexibility index (Phi) is 6.76. The van der Waals surface area contributed by atoms with E-state index in [-0.39, 0.29) is 5.75 Å². The molecule has 7 nitrogen and oxygen atoms in total. The van der Waals surface area contributed by atoms with E-state index in [0.29, 0.717) is 5.75 Å². The van der Waals surface area contributed by atoms with Gasteiger partial charge in [-0.2, -0.15) is 0 Å². The van der Waals surface area contributed by atoms with E-state index >= 15 is 0 Å². The van der Waals surface area contributed by atoms with Crippen molar-refractivity contribution in [3.8, 4) is 11.5 Å². The molecule has 2 aromatic rings. The van der Waals surface area contributed by atoms with Gasteiger partial charge in [-0.1, -0.05) is 18.2 Å². The predicted octanol–water partition coefficient (Wildman–Crippen LogP) is 1.39. The summed E-state index contributed by atoms with van der Waals surface area (Å²) in [5.74, 6) is 0.197. The second-order valence-electron chi connectivity index (χ2n) is 6.03. The van der Waals surface area contributed by atoms with Gasteiger partial charge in [0.25, 0.3) is 0 Å². The second kappa shape index (κ2) is 9.26. The van der Waals surface area contributed by atoms with Crippen LogP contribution in [0.3, 0.4) is 0 Å². The van der Waals surface area contributed by atoms with Gasteiger partial charge in [0.1, 0.15) is 29.5 Å². The third kappa shape index (κ3) is 4.94. The molecular weight excluding hydrogens is 391 g/mol. The molecule has 0 radical (unpaired) electrons. The van der Waals surface area contributed by atoms with Crippen molar-refractivity contribution in [3.63, 3.8) is 0 Å². The van der Waals surface area contributed by atoms with E-state index in [1.54, 1.807) is 30.3 Å². The van der Waals surface area contributed by atoms with Crippen LogP contribution < -0.4 is 9.47 Å². The fraction of sp³-hybridized carbons (Fsp3) is 0.316.